The van der Waals surface area contributed by atoms with E-state index in [0.29, 0.717) is 0 Å². The van der Waals surface area contributed by atoms with Crippen LogP contribution in [0, 0.1) is 0 Å². The van der Waals surface area contributed by atoms with Crippen LogP contribution in [0.1, 0.15) is 6.92 Å². The first-order valence-electron chi connectivity index (χ1n) is 3.28. The van der Waals surface area contributed by atoms with Gasteiger partial charge in [0.15, 0.2) is 0 Å². The summed E-state index contributed by atoms with van der Waals surface area (Å²) < 4.78 is 0. The zero-order chi connectivity index (χ0) is 9.30. The van der Waals surface area contributed by atoms with Gasteiger partial charge in [0.1, 0.15) is 6.04 Å². The molecule has 0 fully saturated rings. The maximum absolute atomic E-state index is 10.9. The molecule has 0 saturated carbocycles. The largest absolute Gasteiger partial charge is 0.279 e. The summed E-state index contributed by atoms with van der Waals surface area (Å²) in [5.74, 6) is -0.997. The van der Waals surface area contributed by atoms with Gasteiger partial charge in [-0.2, -0.15) is 0 Å². The predicted molar refractivity (Wildman–Crippen MR) is 41.3 cm³/mol. The smallest absolute Gasteiger partial charge is 0.254 e. The summed E-state index contributed by atoms with van der Waals surface area (Å²) in [5, 5.41) is -0.722. The Bertz CT molecular complexity index is 266. The van der Waals surface area contributed by atoms with Crippen LogP contribution in [0.2, 0.25) is 0 Å². The molecule has 5 heteroatoms. The Hall–Kier alpha value is -1.16. The van der Waals surface area contributed by atoms with Crippen LogP contribution in [0.3, 0.4) is 0 Å². The molecule has 1 heterocycles. The molecule has 0 saturated heterocycles. The van der Waals surface area contributed by atoms with Crippen molar-refractivity contribution in [2.75, 3.05) is 0 Å². The minimum atomic E-state index is -0.887. The van der Waals surface area contributed by atoms with Gasteiger partial charge in [0.25, 0.3) is 11.8 Å². The molecule has 0 radical (unpaired) electrons. The van der Waals surface area contributed by atoms with Crippen molar-refractivity contribution in [2.24, 2.45) is 0 Å². The van der Waals surface area contributed by atoms with E-state index < -0.39 is 23.1 Å². The summed E-state index contributed by atoms with van der Waals surface area (Å²) in [4.78, 5) is 33.3. The summed E-state index contributed by atoms with van der Waals surface area (Å²) in [7, 11) is 0. The van der Waals surface area contributed by atoms with Crippen LogP contribution in [-0.4, -0.2) is 28.0 Å². The third-order valence-electron chi connectivity index (χ3n) is 1.56. The lowest BCUT2D eigenvalue weighted by Gasteiger charge is -2.17. The highest BCUT2D eigenvalue weighted by atomic mass is 35.5. The lowest BCUT2D eigenvalue weighted by Crippen LogP contribution is -2.41. The van der Waals surface area contributed by atoms with Gasteiger partial charge in [-0.05, 0) is 18.5 Å². The van der Waals surface area contributed by atoms with E-state index in [2.05, 4.69) is 0 Å². The lowest BCUT2D eigenvalue weighted by molar-refractivity contribution is -0.142. The van der Waals surface area contributed by atoms with E-state index in [1.807, 2.05) is 0 Å². The fraction of sp³-hybridized carbons (Fsp3) is 0.286. The second-order valence-corrected chi connectivity index (χ2v) is 2.73. The molecule has 0 bridgehead atoms. The number of hydrogen-bond donors (Lipinski definition) is 0. The topological polar surface area (TPSA) is 54.5 Å². The van der Waals surface area contributed by atoms with Crippen molar-refractivity contribution in [1.82, 2.24) is 4.90 Å². The van der Waals surface area contributed by atoms with Crippen LogP contribution < -0.4 is 0 Å². The van der Waals surface area contributed by atoms with Crippen molar-refractivity contribution in [3.8, 4) is 0 Å². The van der Waals surface area contributed by atoms with Gasteiger partial charge in [-0.1, -0.05) is 0 Å². The first-order valence-corrected chi connectivity index (χ1v) is 3.66. The van der Waals surface area contributed by atoms with Crippen LogP contribution in [0.4, 0.5) is 0 Å². The van der Waals surface area contributed by atoms with Crippen LogP contribution >= 0.6 is 11.6 Å². The molecule has 1 aliphatic heterocycles. The second kappa shape index (κ2) is 3.06. The zero-order valence-corrected chi connectivity index (χ0v) is 7.04. The number of carbonyl (C=O) groups excluding carboxylic acids is 3. The molecule has 0 aromatic rings. The molecule has 2 amide bonds. The number of halogens is 1. The molecule has 0 aliphatic carbocycles. The highest BCUT2D eigenvalue weighted by Gasteiger charge is 2.31. The Balaban J connectivity index is 2.83. The molecule has 1 atom stereocenters. The Morgan fingerprint density at radius 2 is 1.83 bits per heavy atom. The predicted octanol–water partition coefficient (Wildman–Crippen LogP) is 0.0653. The first-order chi connectivity index (χ1) is 5.54. The minimum absolute atomic E-state index is 0.499. The second-order valence-electron chi connectivity index (χ2n) is 2.36. The molecule has 1 rings (SSSR count). The number of nitrogens with zero attached hydrogens (tertiary/aromatic N) is 1. The number of hydrogen-bond acceptors (Lipinski definition) is 3. The van der Waals surface area contributed by atoms with E-state index in [9.17, 15) is 14.4 Å². The Labute approximate surface area is 73.8 Å². The summed E-state index contributed by atoms with van der Waals surface area (Å²) in [5.41, 5.74) is 0. The van der Waals surface area contributed by atoms with Crippen molar-refractivity contribution in [2.45, 2.75) is 13.0 Å². The van der Waals surface area contributed by atoms with E-state index in [-0.39, 0.29) is 0 Å². The molecule has 0 N–H and O–H groups in total. The van der Waals surface area contributed by atoms with Crippen LogP contribution in [0.5, 0.6) is 0 Å². The van der Waals surface area contributed by atoms with Crippen molar-refractivity contribution in [3.05, 3.63) is 12.2 Å². The molecule has 1 unspecified atom stereocenters. The van der Waals surface area contributed by atoms with Gasteiger partial charge in [0.2, 0.25) is 5.24 Å². The SMILES string of the molecule is CC(C(=O)Cl)N1C(=O)C=CC1=O. The maximum atomic E-state index is 10.9. The standard InChI is InChI=1S/C7H6ClNO3/c1-4(7(8)12)9-5(10)2-3-6(9)11/h2-4H,1H3. The monoisotopic (exact) mass is 187 g/mol. The molecule has 12 heavy (non-hydrogen) atoms. The highest BCUT2D eigenvalue weighted by molar-refractivity contribution is 6.65. The van der Waals surface area contributed by atoms with Crippen molar-refractivity contribution in [1.29, 1.82) is 0 Å². The van der Waals surface area contributed by atoms with Gasteiger partial charge < -0.3 is 0 Å². The van der Waals surface area contributed by atoms with Gasteiger partial charge in [-0.3, -0.25) is 19.3 Å². The van der Waals surface area contributed by atoms with Crippen LogP contribution in [0.25, 0.3) is 0 Å². The molecule has 0 aromatic heterocycles. The van der Waals surface area contributed by atoms with Crippen molar-refractivity contribution in [3.63, 3.8) is 0 Å². The number of rotatable bonds is 2. The first kappa shape index (κ1) is 8.93. The third-order valence-corrected chi connectivity index (χ3v) is 1.87. The van der Waals surface area contributed by atoms with Crippen LogP contribution in [-0.2, 0) is 14.4 Å². The van der Waals surface area contributed by atoms with Gasteiger partial charge >= 0.3 is 0 Å². The zero-order valence-electron chi connectivity index (χ0n) is 6.28. The molecule has 0 aromatic carbocycles. The van der Waals surface area contributed by atoms with E-state index in [1.165, 1.54) is 6.92 Å². The van der Waals surface area contributed by atoms with Gasteiger partial charge in [-0.25, -0.2) is 0 Å². The Morgan fingerprint density at radius 1 is 1.42 bits per heavy atom. The quantitative estimate of drug-likeness (QED) is 0.454. The molecule has 64 valence electrons. The average molecular weight is 188 g/mol. The van der Waals surface area contributed by atoms with Gasteiger partial charge in [-0.15, -0.1) is 0 Å². The van der Waals surface area contributed by atoms with Crippen molar-refractivity contribution < 1.29 is 14.4 Å². The van der Waals surface area contributed by atoms with E-state index in [4.69, 9.17) is 11.6 Å². The summed E-state index contributed by atoms with van der Waals surface area (Å²) >= 11 is 5.13. The lowest BCUT2D eigenvalue weighted by atomic mass is 10.3. The number of imide groups is 1. The Morgan fingerprint density at radius 3 is 2.17 bits per heavy atom. The molecule has 4 nitrogen and oxygen atoms in total. The van der Waals surface area contributed by atoms with Gasteiger partial charge in [0.05, 0.1) is 0 Å². The van der Waals surface area contributed by atoms with E-state index in [0.717, 1.165) is 17.1 Å². The molecular weight excluding hydrogens is 182 g/mol. The van der Waals surface area contributed by atoms with Crippen LogP contribution in [0.15, 0.2) is 12.2 Å². The summed E-state index contributed by atoms with van der Waals surface area (Å²) in [6.07, 6.45) is 2.22. The van der Waals surface area contributed by atoms with Gasteiger partial charge in [0, 0.05) is 12.2 Å². The average Bonchev–Trinajstić information content (AvgIpc) is 2.30. The molecule has 1 aliphatic rings. The number of carbonyl (C=O) groups is 3. The van der Waals surface area contributed by atoms with E-state index >= 15 is 0 Å². The maximum Gasteiger partial charge on any atom is 0.254 e. The number of amides is 2. The fourth-order valence-corrected chi connectivity index (χ4v) is 0.993. The van der Waals surface area contributed by atoms with E-state index in [1.54, 1.807) is 0 Å². The fourth-order valence-electron chi connectivity index (χ4n) is 0.895. The summed E-state index contributed by atoms with van der Waals surface area (Å²) in [6, 6.07) is -0.887. The molecular formula is C7H6ClNO3. The van der Waals surface area contributed by atoms with Crippen molar-refractivity contribution >= 4 is 28.7 Å². The summed E-state index contributed by atoms with van der Waals surface area (Å²) in [6.45, 7) is 1.40. The highest BCUT2D eigenvalue weighted by Crippen LogP contribution is 2.10. The molecule has 0 spiro atoms. The normalized spacial score (nSPS) is 18.7. The minimum Gasteiger partial charge on any atom is -0.279 e. The Kier molecular flexibility index (Phi) is 2.28. The third kappa shape index (κ3) is 1.38.